The van der Waals surface area contributed by atoms with Crippen molar-refractivity contribution in [3.8, 4) is 0 Å². The second-order valence-corrected chi connectivity index (χ2v) is 18.6. The van der Waals surface area contributed by atoms with E-state index in [4.69, 9.17) is 10.5 Å². The van der Waals surface area contributed by atoms with Crippen LogP contribution in [0.15, 0.2) is 91.0 Å². The molecule has 1 unspecified atom stereocenters. The van der Waals surface area contributed by atoms with E-state index < -0.39 is 35.0 Å². The lowest BCUT2D eigenvalue weighted by molar-refractivity contribution is -0.157. The van der Waals surface area contributed by atoms with E-state index in [0.29, 0.717) is 32.2 Å². The number of benzene rings is 3. The first kappa shape index (κ1) is 51.9. The third kappa shape index (κ3) is 16.7. The van der Waals surface area contributed by atoms with E-state index in [0.717, 1.165) is 48.8 Å². The number of nitrogens with two attached hydrogens (primary N) is 1. The molecule has 0 aromatic heterocycles. The van der Waals surface area contributed by atoms with E-state index in [2.05, 4.69) is 16.0 Å². The Bertz CT molecular complexity index is 1810. The first-order chi connectivity index (χ1) is 29.7. The summed E-state index contributed by atoms with van der Waals surface area (Å²) in [7, 11) is 0. The third-order valence-corrected chi connectivity index (χ3v) is 10.8. The van der Waals surface area contributed by atoms with Crippen LogP contribution in [-0.2, 0) is 39.0 Å². The summed E-state index contributed by atoms with van der Waals surface area (Å²) in [6, 6.07) is 28.7. The van der Waals surface area contributed by atoms with Crippen LogP contribution in [0, 0.1) is 11.8 Å². The zero-order chi connectivity index (χ0) is 46.8. The van der Waals surface area contributed by atoms with Gasteiger partial charge < -0.3 is 36.3 Å². The number of nitrogens with one attached hydrogen (secondary N) is 3. The first-order valence-electron chi connectivity index (χ1n) is 22.2. The van der Waals surface area contributed by atoms with Crippen molar-refractivity contribution in [1.29, 1.82) is 0 Å². The van der Waals surface area contributed by atoms with E-state index in [9.17, 15) is 33.9 Å². The Kier molecular flexibility index (Phi) is 20.2. The molecule has 6 N–H and O–H groups in total. The van der Waals surface area contributed by atoms with Crippen LogP contribution in [0.4, 0.5) is 0 Å². The number of esters is 1. The predicted octanol–water partition coefficient (Wildman–Crippen LogP) is 6.51. The number of aldehydes is 1. The highest BCUT2D eigenvalue weighted by Gasteiger charge is 2.42. The standard InChI is InChI=1S/C25H25NO2.C16H29N3O4.C9H17NO2/c1-20(19-27)17-18-24(28)26-25(21-11-5-2-6-12-21,22-13-7-3-8-14-22)23-15-9-4-10-16-23;1-10(7-8-12(17)20)13(14(21)18-16(2,3)4)19-9-5-6-11(19)15(22)23;1-9(2,3)12-8(11)7-5-4-6-10-7/h2-16,19-20H,17-18H2,1H3,(H,26,28);10-11,13H,5-9H2,1-4H3,(H2,17,20)(H,18,21)(H,22,23);7,10H,4-6H2,1-3H3/t20-;10-,11-,13?;7-/m000/s1. The zero-order valence-electron chi connectivity index (χ0n) is 38.5. The maximum Gasteiger partial charge on any atom is 0.323 e. The van der Waals surface area contributed by atoms with Crippen LogP contribution in [0.5, 0.6) is 0 Å². The molecule has 344 valence electrons. The number of carboxylic acids is 1. The van der Waals surface area contributed by atoms with E-state index >= 15 is 0 Å². The van der Waals surface area contributed by atoms with Crippen molar-refractivity contribution in [1.82, 2.24) is 20.9 Å². The highest BCUT2D eigenvalue weighted by molar-refractivity contribution is 5.84. The maximum atomic E-state index is 13.0. The lowest BCUT2D eigenvalue weighted by Crippen LogP contribution is -2.57. The molecule has 0 spiro atoms. The minimum Gasteiger partial charge on any atom is -0.480 e. The largest absolute Gasteiger partial charge is 0.480 e. The van der Waals surface area contributed by atoms with Crippen LogP contribution in [0.2, 0.25) is 0 Å². The smallest absolute Gasteiger partial charge is 0.323 e. The van der Waals surface area contributed by atoms with Gasteiger partial charge in [0.25, 0.3) is 0 Å². The average molecular weight is 870 g/mol. The maximum absolute atomic E-state index is 13.0. The minimum atomic E-state index is -0.904. The molecule has 2 heterocycles. The van der Waals surface area contributed by atoms with Gasteiger partial charge in [-0.25, -0.2) is 0 Å². The molecule has 13 nitrogen and oxygen atoms in total. The number of carbonyl (C=O) groups excluding carboxylic acids is 5. The van der Waals surface area contributed by atoms with Crippen molar-refractivity contribution >= 4 is 35.9 Å². The molecule has 5 rings (SSSR count). The average Bonchev–Trinajstić information content (AvgIpc) is 3.96. The van der Waals surface area contributed by atoms with Gasteiger partial charge in [0.1, 0.15) is 29.5 Å². The third-order valence-electron chi connectivity index (χ3n) is 10.8. The van der Waals surface area contributed by atoms with Gasteiger partial charge in [-0.3, -0.25) is 28.9 Å². The normalized spacial score (nSPS) is 17.9. The quantitative estimate of drug-likeness (QED) is 0.0601. The molecule has 13 heteroatoms. The summed E-state index contributed by atoms with van der Waals surface area (Å²) in [5, 5.41) is 18.7. The van der Waals surface area contributed by atoms with Gasteiger partial charge in [0, 0.05) is 24.3 Å². The summed E-state index contributed by atoms with van der Waals surface area (Å²) in [4.78, 5) is 72.3. The van der Waals surface area contributed by atoms with Crippen molar-refractivity contribution in [3.63, 3.8) is 0 Å². The molecule has 0 bridgehead atoms. The number of likely N-dealkylation sites (tertiary alicyclic amines) is 1. The van der Waals surface area contributed by atoms with Crippen molar-refractivity contribution in [2.24, 2.45) is 17.6 Å². The van der Waals surface area contributed by atoms with Crippen LogP contribution < -0.4 is 21.7 Å². The summed E-state index contributed by atoms with van der Waals surface area (Å²) in [5.74, 6) is -2.00. The highest BCUT2D eigenvalue weighted by atomic mass is 16.6. The predicted molar refractivity (Wildman–Crippen MR) is 245 cm³/mol. The number of aliphatic carboxylic acids is 1. The number of carboxylic acid groups (broad SMARTS) is 1. The molecule has 0 aliphatic carbocycles. The summed E-state index contributed by atoms with van der Waals surface area (Å²) in [6.45, 7) is 16.5. The second-order valence-electron chi connectivity index (χ2n) is 18.6. The van der Waals surface area contributed by atoms with Gasteiger partial charge in [-0.15, -0.1) is 0 Å². The van der Waals surface area contributed by atoms with Crippen molar-refractivity contribution < 1.29 is 38.6 Å². The van der Waals surface area contributed by atoms with Gasteiger partial charge in [0.2, 0.25) is 17.7 Å². The van der Waals surface area contributed by atoms with E-state index in [1.54, 1.807) is 4.90 Å². The summed E-state index contributed by atoms with van der Waals surface area (Å²) in [5.41, 5.74) is 6.60. The first-order valence-corrected chi connectivity index (χ1v) is 22.2. The topological polar surface area (TPSA) is 197 Å². The molecule has 2 aliphatic heterocycles. The van der Waals surface area contributed by atoms with Gasteiger partial charge in [-0.05, 0) is 116 Å². The molecule has 2 fully saturated rings. The molecule has 5 atom stereocenters. The fraction of sp³-hybridized carbons (Fsp3) is 0.520. The minimum absolute atomic E-state index is 0.0655. The Labute approximate surface area is 374 Å². The van der Waals surface area contributed by atoms with Crippen molar-refractivity contribution in [3.05, 3.63) is 108 Å². The van der Waals surface area contributed by atoms with Gasteiger partial charge in [0.15, 0.2) is 0 Å². The zero-order valence-corrected chi connectivity index (χ0v) is 38.5. The van der Waals surface area contributed by atoms with Crippen LogP contribution >= 0.6 is 0 Å². The number of hydrogen-bond donors (Lipinski definition) is 5. The van der Waals surface area contributed by atoms with E-state index in [1.165, 1.54) is 0 Å². The van der Waals surface area contributed by atoms with E-state index in [-0.39, 0.29) is 47.7 Å². The van der Waals surface area contributed by atoms with Gasteiger partial charge >= 0.3 is 11.9 Å². The molecule has 0 radical (unpaired) electrons. The molecular formula is C50H71N5O8. The Balaban J connectivity index is 0.000000271. The fourth-order valence-electron chi connectivity index (χ4n) is 7.83. The number of nitrogens with zero attached hydrogens (tertiary/aromatic N) is 1. The fourth-order valence-corrected chi connectivity index (χ4v) is 7.83. The van der Waals surface area contributed by atoms with Crippen LogP contribution in [0.25, 0.3) is 0 Å². The lowest BCUT2D eigenvalue weighted by Gasteiger charge is -2.37. The lowest BCUT2D eigenvalue weighted by atomic mass is 9.77. The molecule has 3 amide bonds. The van der Waals surface area contributed by atoms with Crippen LogP contribution in [-0.4, -0.2) is 88.3 Å². The number of rotatable bonds is 16. The Morgan fingerprint density at radius 1 is 0.794 bits per heavy atom. The summed E-state index contributed by atoms with van der Waals surface area (Å²) < 4.78 is 5.22. The number of amides is 3. The number of primary amides is 1. The number of ether oxygens (including phenoxy) is 1. The molecule has 0 saturated carbocycles. The number of hydrogen-bond acceptors (Lipinski definition) is 9. The Morgan fingerprint density at radius 3 is 1.73 bits per heavy atom. The molecule has 2 saturated heterocycles. The Morgan fingerprint density at radius 2 is 1.32 bits per heavy atom. The van der Waals surface area contributed by atoms with E-state index in [1.807, 2.05) is 146 Å². The molecular weight excluding hydrogens is 799 g/mol. The Hall–Kier alpha value is -5.40. The molecule has 63 heavy (non-hydrogen) atoms. The molecule has 3 aromatic rings. The summed E-state index contributed by atoms with van der Waals surface area (Å²) in [6.07, 6.45) is 5.64. The van der Waals surface area contributed by atoms with Crippen molar-refractivity contribution in [2.75, 3.05) is 13.1 Å². The highest BCUT2D eigenvalue weighted by Crippen LogP contribution is 2.37. The number of carbonyl (C=O) groups is 6. The van der Waals surface area contributed by atoms with Gasteiger partial charge in [0.05, 0.1) is 6.04 Å². The van der Waals surface area contributed by atoms with Crippen molar-refractivity contribution in [2.45, 2.75) is 142 Å². The van der Waals surface area contributed by atoms with Crippen LogP contribution in [0.1, 0.15) is 123 Å². The summed E-state index contributed by atoms with van der Waals surface area (Å²) >= 11 is 0. The van der Waals surface area contributed by atoms with Crippen LogP contribution in [0.3, 0.4) is 0 Å². The SMILES string of the molecule is CC(C)(C)OC(=O)[C@@H]1CCCN1.C[C@@H](CCC(N)=O)C(C(=O)NC(C)(C)C)N1CCC[C@H]1C(=O)O.C[C@H](C=O)CCC(=O)NC(c1ccccc1)(c1ccccc1)c1ccccc1. The van der Waals surface area contributed by atoms with Gasteiger partial charge in [-0.1, -0.05) is 105 Å². The van der Waals surface area contributed by atoms with Gasteiger partial charge in [-0.2, -0.15) is 0 Å². The molecule has 2 aliphatic rings. The second kappa shape index (κ2) is 24.4. The monoisotopic (exact) mass is 870 g/mol. The molecule has 3 aromatic carbocycles.